The van der Waals surface area contributed by atoms with Gasteiger partial charge in [0, 0.05) is 4.88 Å². The molecule has 23 heavy (non-hydrogen) atoms. The van der Waals surface area contributed by atoms with Gasteiger partial charge in [0.15, 0.2) is 5.11 Å². The van der Waals surface area contributed by atoms with E-state index in [2.05, 4.69) is 23.1 Å². The minimum atomic E-state index is -0.152. The van der Waals surface area contributed by atoms with Crippen molar-refractivity contribution in [1.82, 2.24) is 16.2 Å². The Balaban J connectivity index is 1.65. The lowest BCUT2D eigenvalue weighted by Gasteiger charge is -2.24. The monoisotopic (exact) mass is 357 g/mol. The third kappa shape index (κ3) is 5.72. The molecule has 0 saturated carbocycles. The van der Waals surface area contributed by atoms with Gasteiger partial charge in [-0.25, -0.2) is 0 Å². The number of rotatable bonds is 5. The van der Waals surface area contributed by atoms with Crippen molar-refractivity contribution in [2.45, 2.75) is 20.3 Å². The molecule has 1 aromatic rings. The van der Waals surface area contributed by atoms with Crippen molar-refractivity contribution >= 4 is 34.6 Å². The number of hydrogen-bond donors (Lipinski definition) is 4. The summed E-state index contributed by atoms with van der Waals surface area (Å²) < 4.78 is 5.33. The fourth-order valence-electron chi connectivity index (χ4n) is 2.46. The molecular formula is C15H25N4O2S2+. The lowest BCUT2D eigenvalue weighted by molar-refractivity contribution is -0.906. The molecule has 1 amide bonds. The standard InChI is InChI=1S/C15H24N4O2S2/c1-3-12-11(2)10-13(23-12)14(20)17-18-15(22)16-4-5-19-6-8-21-9-7-19/h10H,3-9H2,1-2H3,(H,17,20)(H2,16,18,22)/p+1. The molecule has 1 fully saturated rings. The number of aryl methyl sites for hydroxylation is 2. The summed E-state index contributed by atoms with van der Waals surface area (Å²) in [5.41, 5.74) is 6.57. The summed E-state index contributed by atoms with van der Waals surface area (Å²) in [5, 5.41) is 3.55. The van der Waals surface area contributed by atoms with E-state index in [0.29, 0.717) is 9.99 Å². The molecule has 6 nitrogen and oxygen atoms in total. The van der Waals surface area contributed by atoms with Gasteiger partial charge in [0.05, 0.1) is 31.2 Å². The largest absolute Gasteiger partial charge is 0.370 e. The number of thiophene rings is 1. The van der Waals surface area contributed by atoms with E-state index in [1.165, 1.54) is 21.1 Å². The van der Waals surface area contributed by atoms with Crippen molar-refractivity contribution in [1.29, 1.82) is 0 Å². The maximum absolute atomic E-state index is 12.1. The number of ether oxygens (including phenoxy) is 1. The second-order valence-corrected chi connectivity index (χ2v) is 7.06. The van der Waals surface area contributed by atoms with E-state index in [4.69, 9.17) is 17.0 Å². The van der Waals surface area contributed by atoms with Crippen LogP contribution in [0.4, 0.5) is 0 Å². The van der Waals surface area contributed by atoms with Crippen molar-refractivity contribution in [3.63, 3.8) is 0 Å². The highest BCUT2D eigenvalue weighted by Gasteiger charge is 2.14. The molecule has 0 aliphatic carbocycles. The Morgan fingerprint density at radius 2 is 2.13 bits per heavy atom. The average Bonchev–Trinajstić information content (AvgIpc) is 2.94. The molecule has 128 valence electrons. The van der Waals surface area contributed by atoms with E-state index >= 15 is 0 Å². The quantitative estimate of drug-likeness (QED) is 0.428. The van der Waals surface area contributed by atoms with Crippen molar-refractivity contribution in [2.75, 3.05) is 39.4 Å². The maximum Gasteiger partial charge on any atom is 0.279 e. The molecular weight excluding hydrogens is 332 g/mol. The molecule has 1 saturated heterocycles. The molecule has 4 N–H and O–H groups in total. The van der Waals surface area contributed by atoms with Gasteiger partial charge in [-0.05, 0) is 37.2 Å². The zero-order chi connectivity index (χ0) is 16.7. The molecule has 1 aromatic heterocycles. The van der Waals surface area contributed by atoms with E-state index in [9.17, 15) is 4.79 Å². The van der Waals surface area contributed by atoms with Crippen LogP contribution in [0.15, 0.2) is 6.07 Å². The average molecular weight is 358 g/mol. The van der Waals surface area contributed by atoms with Gasteiger partial charge in [0.25, 0.3) is 5.91 Å². The summed E-state index contributed by atoms with van der Waals surface area (Å²) in [6, 6.07) is 1.92. The van der Waals surface area contributed by atoms with Crippen LogP contribution in [0, 0.1) is 6.92 Å². The number of thiocarbonyl (C=S) groups is 1. The molecule has 0 bridgehead atoms. The second kappa shape index (κ2) is 9.17. The van der Waals surface area contributed by atoms with Crippen molar-refractivity contribution < 1.29 is 14.4 Å². The number of nitrogens with one attached hydrogen (secondary N) is 4. The van der Waals surface area contributed by atoms with Crippen LogP contribution in [0.2, 0.25) is 0 Å². The summed E-state index contributed by atoms with van der Waals surface area (Å²) in [6.07, 6.45) is 0.945. The summed E-state index contributed by atoms with van der Waals surface area (Å²) in [7, 11) is 0. The van der Waals surface area contributed by atoms with Crippen molar-refractivity contribution in [3.8, 4) is 0 Å². The van der Waals surface area contributed by atoms with Crippen LogP contribution in [0.5, 0.6) is 0 Å². The first-order valence-corrected chi connectivity index (χ1v) is 9.17. The summed E-state index contributed by atoms with van der Waals surface area (Å²) >= 11 is 6.70. The predicted molar refractivity (Wildman–Crippen MR) is 96.0 cm³/mol. The van der Waals surface area contributed by atoms with Crippen molar-refractivity contribution in [3.05, 3.63) is 21.4 Å². The highest BCUT2D eigenvalue weighted by molar-refractivity contribution is 7.80. The Labute approximate surface area is 146 Å². The zero-order valence-electron chi connectivity index (χ0n) is 13.7. The first-order valence-electron chi connectivity index (χ1n) is 7.95. The number of hydrazine groups is 1. The van der Waals surface area contributed by atoms with Crippen LogP contribution in [-0.4, -0.2) is 50.4 Å². The zero-order valence-corrected chi connectivity index (χ0v) is 15.3. The molecule has 0 aromatic carbocycles. The molecule has 2 heterocycles. The van der Waals surface area contributed by atoms with Crippen LogP contribution >= 0.6 is 23.6 Å². The lowest BCUT2D eigenvalue weighted by Crippen LogP contribution is -3.14. The Morgan fingerprint density at radius 3 is 2.78 bits per heavy atom. The van der Waals surface area contributed by atoms with Gasteiger partial charge < -0.3 is 15.0 Å². The van der Waals surface area contributed by atoms with Crippen LogP contribution in [0.3, 0.4) is 0 Å². The number of hydrogen-bond acceptors (Lipinski definition) is 4. The Kier molecular flexibility index (Phi) is 7.22. The fraction of sp³-hybridized carbons (Fsp3) is 0.600. The van der Waals surface area contributed by atoms with Crippen LogP contribution in [0.25, 0.3) is 0 Å². The summed E-state index contributed by atoms with van der Waals surface area (Å²) in [6.45, 7) is 9.61. The summed E-state index contributed by atoms with van der Waals surface area (Å²) in [5.74, 6) is -0.152. The second-order valence-electron chi connectivity index (χ2n) is 5.52. The van der Waals surface area contributed by atoms with E-state index in [0.717, 1.165) is 51.4 Å². The number of carbonyl (C=O) groups is 1. The Morgan fingerprint density at radius 1 is 1.39 bits per heavy atom. The topological polar surface area (TPSA) is 66.8 Å². The molecule has 8 heteroatoms. The summed E-state index contributed by atoms with van der Waals surface area (Å²) in [4.78, 5) is 15.5. The lowest BCUT2D eigenvalue weighted by atomic mass is 10.2. The molecule has 0 unspecified atom stereocenters. The van der Waals surface area contributed by atoms with Gasteiger partial charge in [0.2, 0.25) is 0 Å². The predicted octanol–water partition coefficient (Wildman–Crippen LogP) is -0.357. The third-order valence-corrected chi connectivity index (χ3v) is 5.45. The third-order valence-electron chi connectivity index (χ3n) is 3.82. The Bertz CT molecular complexity index is 542. The molecule has 0 atom stereocenters. The van der Waals surface area contributed by atoms with Crippen molar-refractivity contribution in [2.24, 2.45) is 0 Å². The SMILES string of the molecule is CCc1sc(C(=O)NNC(=S)NCC[NH+]2CCOCC2)cc1C. The van der Waals surface area contributed by atoms with E-state index in [1.807, 2.05) is 13.0 Å². The van der Waals surface area contributed by atoms with Crippen LogP contribution in [0.1, 0.15) is 27.0 Å². The molecule has 1 aliphatic rings. The number of quaternary nitrogens is 1. The molecule has 2 rings (SSSR count). The number of morpholine rings is 1. The van der Waals surface area contributed by atoms with Gasteiger partial charge >= 0.3 is 0 Å². The molecule has 1 aliphatic heterocycles. The van der Waals surface area contributed by atoms with Gasteiger partial charge in [-0.1, -0.05) is 6.92 Å². The molecule has 0 spiro atoms. The highest BCUT2D eigenvalue weighted by atomic mass is 32.1. The van der Waals surface area contributed by atoms with Gasteiger partial charge in [-0.15, -0.1) is 11.3 Å². The fourth-order valence-corrected chi connectivity index (χ4v) is 3.63. The van der Waals surface area contributed by atoms with E-state index in [1.54, 1.807) is 0 Å². The minimum absolute atomic E-state index is 0.152. The normalized spacial score (nSPS) is 15.2. The van der Waals surface area contributed by atoms with Gasteiger partial charge in [0.1, 0.15) is 13.1 Å². The first-order chi connectivity index (χ1) is 11.1. The minimum Gasteiger partial charge on any atom is -0.370 e. The van der Waals surface area contributed by atoms with E-state index in [-0.39, 0.29) is 5.91 Å². The van der Waals surface area contributed by atoms with Crippen LogP contribution < -0.4 is 21.1 Å². The van der Waals surface area contributed by atoms with Crippen LogP contribution in [-0.2, 0) is 11.2 Å². The number of amides is 1. The Hall–Kier alpha value is -1.22. The first kappa shape index (κ1) is 18.1. The molecule has 0 radical (unpaired) electrons. The van der Waals surface area contributed by atoms with Gasteiger partial charge in [-0.3, -0.25) is 15.6 Å². The van der Waals surface area contributed by atoms with Gasteiger partial charge in [-0.2, -0.15) is 0 Å². The smallest absolute Gasteiger partial charge is 0.279 e. The maximum atomic E-state index is 12.1. The highest BCUT2D eigenvalue weighted by Crippen LogP contribution is 2.21. The number of carbonyl (C=O) groups excluding carboxylic acids is 1. The van der Waals surface area contributed by atoms with E-state index < -0.39 is 0 Å².